The molecule has 0 radical (unpaired) electrons. The van der Waals surface area contributed by atoms with Crippen molar-refractivity contribution in [2.45, 2.75) is 40.3 Å². The molecule has 0 fully saturated rings. The van der Waals surface area contributed by atoms with Crippen molar-refractivity contribution in [1.29, 1.82) is 0 Å². The number of rotatable bonds is 5. The molecule has 7 heteroatoms. The van der Waals surface area contributed by atoms with Gasteiger partial charge in [0.05, 0.1) is 17.5 Å². The van der Waals surface area contributed by atoms with Crippen LogP contribution in [0.5, 0.6) is 0 Å². The minimum absolute atomic E-state index is 0.207. The second-order valence-corrected chi connectivity index (χ2v) is 5.53. The highest BCUT2D eigenvalue weighted by Crippen LogP contribution is 2.17. The number of carboxylic acid groups (broad SMARTS) is 1. The van der Waals surface area contributed by atoms with Gasteiger partial charge in [-0.05, 0) is 25.8 Å². The van der Waals surface area contributed by atoms with E-state index in [0.717, 1.165) is 11.0 Å². The van der Waals surface area contributed by atoms with E-state index in [1.807, 2.05) is 6.92 Å². The van der Waals surface area contributed by atoms with Gasteiger partial charge in [-0.2, -0.15) is 5.10 Å². The van der Waals surface area contributed by atoms with Crippen LogP contribution in [0.15, 0.2) is 12.3 Å². The largest absolute Gasteiger partial charge is 0.480 e. The number of carbonyl (C=O) groups excluding carboxylic acids is 1. The standard InChI is InChI=1S/C15H20N4O3/c1-5-19-13-10(7-16-19)6-11(9(4)17-13)14(20)18-12(8(2)3)15(21)22/h6-8,12H,5H2,1-4H3,(H,18,20)(H,21,22)/t12-/m0/s1. The molecule has 7 nitrogen and oxygen atoms in total. The molecule has 0 unspecified atom stereocenters. The van der Waals surface area contributed by atoms with Crippen LogP contribution in [0.2, 0.25) is 0 Å². The summed E-state index contributed by atoms with van der Waals surface area (Å²) in [7, 11) is 0. The zero-order chi connectivity index (χ0) is 16.4. The van der Waals surface area contributed by atoms with Crippen LogP contribution in [0.3, 0.4) is 0 Å². The van der Waals surface area contributed by atoms with Crippen LogP contribution < -0.4 is 5.32 Å². The summed E-state index contributed by atoms with van der Waals surface area (Å²) in [6, 6.07) is 0.770. The van der Waals surface area contributed by atoms with Crippen LogP contribution >= 0.6 is 0 Å². The summed E-state index contributed by atoms with van der Waals surface area (Å²) in [6.45, 7) is 7.88. The van der Waals surface area contributed by atoms with E-state index in [0.29, 0.717) is 17.8 Å². The molecule has 0 aliphatic rings. The first-order valence-corrected chi connectivity index (χ1v) is 7.22. The fourth-order valence-electron chi connectivity index (χ4n) is 2.29. The molecule has 0 saturated carbocycles. The van der Waals surface area contributed by atoms with E-state index in [2.05, 4.69) is 15.4 Å². The summed E-state index contributed by atoms with van der Waals surface area (Å²) in [5.41, 5.74) is 1.64. The molecule has 0 bridgehead atoms. The maximum Gasteiger partial charge on any atom is 0.326 e. The number of carboxylic acids is 1. The topological polar surface area (TPSA) is 97.1 Å². The Bertz CT molecular complexity index is 721. The van der Waals surface area contributed by atoms with Crippen molar-refractivity contribution in [2.24, 2.45) is 5.92 Å². The van der Waals surface area contributed by atoms with Crippen molar-refractivity contribution in [3.8, 4) is 0 Å². The Morgan fingerprint density at radius 2 is 2.09 bits per heavy atom. The van der Waals surface area contributed by atoms with Gasteiger partial charge in [-0.3, -0.25) is 4.79 Å². The van der Waals surface area contributed by atoms with Gasteiger partial charge in [0, 0.05) is 11.9 Å². The van der Waals surface area contributed by atoms with Gasteiger partial charge in [-0.15, -0.1) is 0 Å². The third kappa shape index (κ3) is 2.93. The van der Waals surface area contributed by atoms with Gasteiger partial charge in [0.25, 0.3) is 5.91 Å². The minimum atomic E-state index is -1.05. The third-order valence-corrected chi connectivity index (χ3v) is 3.57. The number of nitrogens with one attached hydrogen (secondary N) is 1. The zero-order valence-corrected chi connectivity index (χ0v) is 13.1. The van der Waals surface area contributed by atoms with E-state index < -0.39 is 17.9 Å². The lowest BCUT2D eigenvalue weighted by Gasteiger charge is -2.18. The molecule has 2 aromatic heterocycles. The van der Waals surface area contributed by atoms with Gasteiger partial charge < -0.3 is 10.4 Å². The number of nitrogens with zero attached hydrogens (tertiary/aromatic N) is 3. The monoisotopic (exact) mass is 304 g/mol. The molecule has 2 N–H and O–H groups in total. The molecular formula is C15H20N4O3. The number of fused-ring (bicyclic) bond motifs is 1. The average Bonchev–Trinajstić information content (AvgIpc) is 2.84. The lowest BCUT2D eigenvalue weighted by molar-refractivity contribution is -0.140. The Labute approximate surface area is 128 Å². The first-order valence-electron chi connectivity index (χ1n) is 7.22. The molecule has 1 amide bonds. The van der Waals surface area contributed by atoms with E-state index >= 15 is 0 Å². The number of amides is 1. The number of hydrogen-bond donors (Lipinski definition) is 2. The number of carbonyl (C=O) groups is 2. The van der Waals surface area contributed by atoms with Gasteiger partial charge in [0.15, 0.2) is 5.65 Å². The van der Waals surface area contributed by atoms with Gasteiger partial charge >= 0.3 is 5.97 Å². The van der Waals surface area contributed by atoms with Crippen LogP contribution in [-0.4, -0.2) is 37.8 Å². The van der Waals surface area contributed by atoms with E-state index in [1.165, 1.54) is 0 Å². The number of aromatic nitrogens is 3. The first-order chi connectivity index (χ1) is 10.3. The fraction of sp³-hybridized carbons (Fsp3) is 0.467. The summed E-state index contributed by atoms with van der Waals surface area (Å²) >= 11 is 0. The zero-order valence-electron chi connectivity index (χ0n) is 13.1. The highest BCUT2D eigenvalue weighted by Gasteiger charge is 2.25. The number of aliphatic carboxylic acids is 1. The molecule has 0 aliphatic heterocycles. The number of aryl methyl sites for hydroxylation is 2. The summed E-state index contributed by atoms with van der Waals surface area (Å²) in [6.07, 6.45) is 1.65. The van der Waals surface area contributed by atoms with Crippen molar-refractivity contribution in [1.82, 2.24) is 20.1 Å². The highest BCUT2D eigenvalue weighted by molar-refractivity contribution is 5.99. The van der Waals surface area contributed by atoms with Crippen molar-refractivity contribution >= 4 is 22.9 Å². The van der Waals surface area contributed by atoms with Gasteiger partial charge in [0.1, 0.15) is 6.04 Å². The molecule has 0 saturated heterocycles. The number of pyridine rings is 1. The molecule has 2 heterocycles. The van der Waals surface area contributed by atoms with E-state index in [1.54, 1.807) is 37.7 Å². The molecule has 0 spiro atoms. The Hall–Kier alpha value is -2.44. The van der Waals surface area contributed by atoms with Gasteiger partial charge in [-0.25, -0.2) is 14.5 Å². The van der Waals surface area contributed by atoms with Gasteiger partial charge in [0.2, 0.25) is 0 Å². The van der Waals surface area contributed by atoms with Crippen LogP contribution in [0, 0.1) is 12.8 Å². The van der Waals surface area contributed by atoms with E-state index in [9.17, 15) is 14.7 Å². The summed E-state index contributed by atoms with van der Waals surface area (Å²) < 4.78 is 1.75. The van der Waals surface area contributed by atoms with Crippen LogP contribution in [-0.2, 0) is 11.3 Å². The predicted molar refractivity (Wildman–Crippen MR) is 81.7 cm³/mol. The fourth-order valence-corrected chi connectivity index (χ4v) is 2.29. The molecular weight excluding hydrogens is 284 g/mol. The summed E-state index contributed by atoms with van der Waals surface area (Å²) in [5.74, 6) is -1.69. The third-order valence-electron chi connectivity index (χ3n) is 3.57. The van der Waals surface area contributed by atoms with E-state index in [4.69, 9.17) is 0 Å². The lowest BCUT2D eigenvalue weighted by Crippen LogP contribution is -2.44. The van der Waals surface area contributed by atoms with Crippen molar-refractivity contribution in [3.63, 3.8) is 0 Å². The van der Waals surface area contributed by atoms with E-state index in [-0.39, 0.29) is 5.92 Å². The van der Waals surface area contributed by atoms with Gasteiger partial charge in [-0.1, -0.05) is 13.8 Å². The lowest BCUT2D eigenvalue weighted by atomic mass is 10.0. The SMILES string of the molecule is CCn1ncc2cc(C(=O)N[C@H](C(=O)O)C(C)C)c(C)nc21. The van der Waals surface area contributed by atoms with Crippen molar-refractivity contribution < 1.29 is 14.7 Å². The van der Waals surface area contributed by atoms with Crippen LogP contribution in [0.1, 0.15) is 36.8 Å². The Balaban J connectivity index is 2.35. The van der Waals surface area contributed by atoms with Crippen LogP contribution in [0.4, 0.5) is 0 Å². The predicted octanol–water partition coefficient (Wildman–Crippen LogP) is 1.60. The molecule has 0 aliphatic carbocycles. The van der Waals surface area contributed by atoms with Crippen molar-refractivity contribution in [2.75, 3.05) is 0 Å². The maximum absolute atomic E-state index is 12.4. The summed E-state index contributed by atoms with van der Waals surface area (Å²) in [4.78, 5) is 28.0. The maximum atomic E-state index is 12.4. The Kier molecular flexibility index (Phi) is 4.44. The molecule has 22 heavy (non-hydrogen) atoms. The molecule has 2 rings (SSSR count). The highest BCUT2D eigenvalue weighted by atomic mass is 16.4. The minimum Gasteiger partial charge on any atom is -0.480 e. The Morgan fingerprint density at radius 3 is 2.64 bits per heavy atom. The number of hydrogen-bond acceptors (Lipinski definition) is 4. The second-order valence-electron chi connectivity index (χ2n) is 5.53. The molecule has 1 atom stereocenters. The Morgan fingerprint density at radius 1 is 1.41 bits per heavy atom. The smallest absolute Gasteiger partial charge is 0.326 e. The molecule has 118 valence electrons. The van der Waals surface area contributed by atoms with Crippen LogP contribution in [0.25, 0.3) is 11.0 Å². The quantitative estimate of drug-likeness (QED) is 0.874. The second kappa shape index (κ2) is 6.13. The summed E-state index contributed by atoms with van der Waals surface area (Å²) in [5, 5.41) is 16.7. The molecule has 2 aromatic rings. The first kappa shape index (κ1) is 15.9. The molecule has 0 aromatic carbocycles. The van der Waals surface area contributed by atoms with Crippen molar-refractivity contribution in [3.05, 3.63) is 23.5 Å². The average molecular weight is 304 g/mol. The normalized spacial score (nSPS) is 12.6.